The van der Waals surface area contributed by atoms with Gasteiger partial charge in [-0.05, 0) is 30.7 Å². The zero-order valence-corrected chi connectivity index (χ0v) is 11.8. The number of aliphatic carboxylic acids is 1. The van der Waals surface area contributed by atoms with Crippen LogP contribution in [-0.4, -0.2) is 47.8 Å². The maximum Gasteiger partial charge on any atom is 0.328 e. The number of hydrogen-bond donors (Lipinski definition) is 2. The Balaban J connectivity index is 1.96. The predicted octanol–water partition coefficient (Wildman–Crippen LogP) is 2.04. The van der Waals surface area contributed by atoms with Gasteiger partial charge in [-0.15, -0.1) is 0 Å². The molecular weight excluding hydrogens is 272 g/mol. The van der Waals surface area contributed by atoms with Gasteiger partial charge in [0.15, 0.2) is 0 Å². The van der Waals surface area contributed by atoms with Crippen molar-refractivity contribution in [2.75, 3.05) is 25.1 Å². The average molecular weight is 290 g/mol. The van der Waals surface area contributed by atoms with Crippen LogP contribution in [0.25, 0.3) is 6.08 Å². The Kier molecular flexibility index (Phi) is 4.94. The minimum atomic E-state index is -0.992. The molecule has 0 radical (unpaired) electrons. The summed E-state index contributed by atoms with van der Waals surface area (Å²) in [6, 6.07) is 6.88. The van der Waals surface area contributed by atoms with Gasteiger partial charge < -0.3 is 20.1 Å². The van der Waals surface area contributed by atoms with E-state index in [9.17, 15) is 9.59 Å². The lowest BCUT2D eigenvalue weighted by atomic mass is 10.2. The Morgan fingerprint density at radius 1 is 1.38 bits per heavy atom. The van der Waals surface area contributed by atoms with E-state index in [1.807, 2.05) is 6.92 Å². The molecule has 2 amide bonds. The topological polar surface area (TPSA) is 78.9 Å². The van der Waals surface area contributed by atoms with Crippen molar-refractivity contribution < 1.29 is 19.4 Å². The van der Waals surface area contributed by atoms with Crippen LogP contribution in [0, 0.1) is 0 Å². The lowest BCUT2D eigenvalue weighted by molar-refractivity contribution is -0.131. The summed E-state index contributed by atoms with van der Waals surface area (Å²) in [6.07, 6.45) is 2.57. The molecule has 0 aromatic heterocycles. The fourth-order valence-electron chi connectivity index (χ4n) is 2.07. The minimum Gasteiger partial charge on any atom is -0.478 e. The Morgan fingerprint density at radius 2 is 2.10 bits per heavy atom. The highest BCUT2D eigenvalue weighted by Gasteiger charge is 2.23. The lowest BCUT2D eigenvalue weighted by Gasteiger charge is -2.33. The van der Waals surface area contributed by atoms with Crippen LogP contribution < -0.4 is 5.32 Å². The Morgan fingerprint density at radius 3 is 2.71 bits per heavy atom. The lowest BCUT2D eigenvalue weighted by Crippen LogP contribution is -2.48. The Labute approximate surface area is 123 Å². The first kappa shape index (κ1) is 15.1. The largest absolute Gasteiger partial charge is 0.478 e. The Bertz CT molecular complexity index is 539. The van der Waals surface area contributed by atoms with Gasteiger partial charge >= 0.3 is 12.0 Å². The Hall–Kier alpha value is -2.34. The van der Waals surface area contributed by atoms with Crippen LogP contribution >= 0.6 is 0 Å². The number of nitrogens with zero attached hydrogens (tertiary/aromatic N) is 1. The number of amides is 2. The summed E-state index contributed by atoms with van der Waals surface area (Å²) in [5, 5.41) is 11.4. The van der Waals surface area contributed by atoms with Gasteiger partial charge in [-0.2, -0.15) is 0 Å². The molecule has 1 atom stereocenters. The molecule has 0 bridgehead atoms. The van der Waals surface area contributed by atoms with Crippen LogP contribution in [0.4, 0.5) is 10.5 Å². The molecular formula is C15H18N2O4. The van der Waals surface area contributed by atoms with Gasteiger partial charge in [-0.25, -0.2) is 9.59 Å². The van der Waals surface area contributed by atoms with Crippen LogP contribution in [0.15, 0.2) is 30.3 Å². The number of carboxylic acids is 1. The van der Waals surface area contributed by atoms with E-state index in [0.717, 1.165) is 11.6 Å². The first-order valence-corrected chi connectivity index (χ1v) is 6.72. The fourth-order valence-corrected chi connectivity index (χ4v) is 2.07. The number of anilines is 1. The monoisotopic (exact) mass is 290 g/mol. The van der Waals surface area contributed by atoms with E-state index in [0.29, 0.717) is 25.4 Å². The number of nitrogens with one attached hydrogen (secondary N) is 1. The first-order valence-electron chi connectivity index (χ1n) is 6.72. The van der Waals surface area contributed by atoms with Gasteiger partial charge in [-0.1, -0.05) is 12.1 Å². The second-order valence-corrected chi connectivity index (χ2v) is 4.84. The number of morpholine rings is 1. The summed E-state index contributed by atoms with van der Waals surface area (Å²) in [7, 11) is 0. The maximum atomic E-state index is 12.1. The quantitative estimate of drug-likeness (QED) is 0.835. The van der Waals surface area contributed by atoms with Crippen molar-refractivity contribution >= 4 is 23.8 Å². The van der Waals surface area contributed by atoms with Crippen molar-refractivity contribution in [3.8, 4) is 0 Å². The van der Waals surface area contributed by atoms with Gasteiger partial charge in [0, 0.05) is 18.3 Å². The van der Waals surface area contributed by atoms with Gasteiger partial charge in [-0.3, -0.25) is 0 Å². The van der Waals surface area contributed by atoms with E-state index >= 15 is 0 Å². The fraction of sp³-hybridized carbons (Fsp3) is 0.333. The van der Waals surface area contributed by atoms with E-state index < -0.39 is 5.97 Å². The number of carboxylic acid groups (broad SMARTS) is 1. The molecule has 1 saturated heterocycles. The molecule has 1 aromatic rings. The summed E-state index contributed by atoms with van der Waals surface area (Å²) in [5.74, 6) is -0.992. The normalized spacial score (nSPS) is 18.7. The summed E-state index contributed by atoms with van der Waals surface area (Å²) in [5.41, 5.74) is 1.43. The summed E-state index contributed by atoms with van der Waals surface area (Å²) >= 11 is 0. The molecule has 112 valence electrons. The summed E-state index contributed by atoms with van der Waals surface area (Å²) in [6.45, 7) is 3.62. The first-order chi connectivity index (χ1) is 10.1. The third kappa shape index (κ3) is 4.32. The number of ether oxygens (including phenoxy) is 1. The predicted molar refractivity (Wildman–Crippen MR) is 79.1 cm³/mol. The van der Waals surface area contributed by atoms with Crippen molar-refractivity contribution in [3.05, 3.63) is 35.9 Å². The average Bonchev–Trinajstić information content (AvgIpc) is 2.47. The summed E-state index contributed by atoms with van der Waals surface area (Å²) < 4.78 is 5.30. The number of carbonyl (C=O) groups excluding carboxylic acids is 1. The third-order valence-electron chi connectivity index (χ3n) is 3.21. The molecule has 1 unspecified atom stereocenters. The van der Waals surface area contributed by atoms with Crippen molar-refractivity contribution in [1.82, 2.24) is 4.90 Å². The SMILES string of the molecule is CC1COCCN1C(=O)Nc1ccc(/C=C/C(=O)O)cc1. The molecule has 1 fully saturated rings. The molecule has 0 saturated carbocycles. The zero-order chi connectivity index (χ0) is 15.2. The van der Waals surface area contributed by atoms with Crippen LogP contribution in [0.3, 0.4) is 0 Å². The number of hydrogen-bond acceptors (Lipinski definition) is 3. The van der Waals surface area contributed by atoms with Crippen LogP contribution in [0.5, 0.6) is 0 Å². The molecule has 1 aromatic carbocycles. The molecule has 1 aliphatic rings. The van der Waals surface area contributed by atoms with E-state index in [-0.39, 0.29) is 12.1 Å². The number of rotatable bonds is 3. The van der Waals surface area contributed by atoms with Crippen molar-refractivity contribution in [2.24, 2.45) is 0 Å². The van der Waals surface area contributed by atoms with Crippen LogP contribution in [0.2, 0.25) is 0 Å². The highest BCUT2D eigenvalue weighted by atomic mass is 16.5. The number of urea groups is 1. The van der Waals surface area contributed by atoms with E-state index in [2.05, 4.69) is 5.32 Å². The zero-order valence-electron chi connectivity index (χ0n) is 11.8. The van der Waals surface area contributed by atoms with Crippen LogP contribution in [-0.2, 0) is 9.53 Å². The smallest absolute Gasteiger partial charge is 0.328 e. The highest BCUT2D eigenvalue weighted by molar-refractivity contribution is 5.90. The molecule has 1 aliphatic heterocycles. The third-order valence-corrected chi connectivity index (χ3v) is 3.21. The van der Waals surface area contributed by atoms with Gasteiger partial charge in [0.25, 0.3) is 0 Å². The molecule has 1 heterocycles. The molecule has 0 aliphatic carbocycles. The van der Waals surface area contributed by atoms with Crippen molar-refractivity contribution in [2.45, 2.75) is 13.0 Å². The van der Waals surface area contributed by atoms with E-state index in [1.165, 1.54) is 6.08 Å². The molecule has 2 rings (SSSR count). The number of carbonyl (C=O) groups is 2. The minimum absolute atomic E-state index is 0.0523. The highest BCUT2D eigenvalue weighted by Crippen LogP contribution is 2.13. The van der Waals surface area contributed by atoms with E-state index in [1.54, 1.807) is 29.2 Å². The molecule has 6 heteroatoms. The molecule has 21 heavy (non-hydrogen) atoms. The molecule has 2 N–H and O–H groups in total. The van der Waals surface area contributed by atoms with Crippen LogP contribution in [0.1, 0.15) is 12.5 Å². The van der Waals surface area contributed by atoms with Gasteiger partial charge in [0.1, 0.15) is 0 Å². The molecule has 0 spiro atoms. The second-order valence-electron chi connectivity index (χ2n) is 4.84. The summed E-state index contributed by atoms with van der Waals surface area (Å²) in [4.78, 5) is 24.3. The number of benzene rings is 1. The van der Waals surface area contributed by atoms with Crippen molar-refractivity contribution in [1.29, 1.82) is 0 Å². The van der Waals surface area contributed by atoms with Gasteiger partial charge in [0.2, 0.25) is 0 Å². The van der Waals surface area contributed by atoms with Crippen molar-refractivity contribution in [3.63, 3.8) is 0 Å². The standard InChI is InChI=1S/C15H18N2O4/c1-11-10-21-9-8-17(11)15(20)16-13-5-2-12(3-6-13)4-7-14(18)19/h2-7,11H,8-10H2,1H3,(H,16,20)(H,18,19)/b7-4+. The van der Waals surface area contributed by atoms with E-state index in [4.69, 9.17) is 9.84 Å². The van der Waals surface area contributed by atoms with Gasteiger partial charge in [0.05, 0.1) is 19.3 Å². The second kappa shape index (κ2) is 6.90. The molecule has 6 nitrogen and oxygen atoms in total. The maximum absolute atomic E-state index is 12.1.